The number of amidine groups is 1. The van der Waals surface area contributed by atoms with Crippen molar-refractivity contribution >= 4 is 23.5 Å². The molecule has 0 atom stereocenters. The van der Waals surface area contributed by atoms with Crippen LogP contribution in [-0.4, -0.2) is 60.5 Å². The van der Waals surface area contributed by atoms with Crippen molar-refractivity contribution in [1.82, 2.24) is 14.9 Å². The molecule has 7 nitrogen and oxygen atoms in total. The van der Waals surface area contributed by atoms with E-state index in [0.29, 0.717) is 11.7 Å². The molecule has 2 fully saturated rings. The number of benzene rings is 1. The third-order valence-electron chi connectivity index (χ3n) is 6.90. The van der Waals surface area contributed by atoms with Gasteiger partial charge in [-0.1, -0.05) is 11.6 Å². The zero-order valence-corrected chi connectivity index (χ0v) is 19.6. The fraction of sp³-hybridized carbons (Fsp3) is 0.423. The molecule has 1 saturated heterocycles. The third kappa shape index (κ3) is 4.42. The molecule has 1 aromatic carbocycles. The van der Waals surface area contributed by atoms with Gasteiger partial charge in [-0.15, -0.1) is 0 Å². The molecular weight excluding hydrogens is 431 g/mol. The number of ether oxygens (including phenoxy) is 1. The van der Waals surface area contributed by atoms with E-state index in [2.05, 4.69) is 49.3 Å². The molecule has 0 bridgehead atoms. The van der Waals surface area contributed by atoms with Crippen LogP contribution in [0.4, 0.5) is 16.0 Å². The quantitative estimate of drug-likeness (QED) is 0.719. The van der Waals surface area contributed by atoms with E-state index in [1.54, 1.807) is 12.1 Å². The minimum Gasteiger partial charge on any atom is -0.421 e. The molecule has 2 aliphatic carbocycles. The summed E-state index contributed by atoms with van der Waals surface area (Å²) < 4.78 is 20.8. The van der Waals surface area contributed by atoms with E-state index in [-0.39, 0.29) is 11.8 Å². The van der Waals surface area contributed by atoms with Crippen LogP contribution >= 0.6 is 0 Å². The highest BCUT2D eigenvalue weighted by Crippen LogP contribution is 2.38. The topological polar surface area (TPSA) is 65.9 Å². The summed E-state index contributed by atoms with van der Waals surface area (Å²) in [6, 6.07) is 5.35. The fourth-order valence-electron chi connectivity index (χ4n) is 4.76. The van der Waals surface area contributed by atoms with Crippen molar-refractivity contribution in [3.63, 3.8) is 0 Å². The Morgan fingerprint density at radius 2 is 1.88 bits per heavy atom. The van der Waals surface area contributed by atoms with Crippen molar-refractivity contribution in [3.8, 4) is 11.8 Å². The van der Waals surface area contributed by atoms with Gasteiger partial charge < -0.3 is 19.9 Å². The number of allylic oxidation sites excluding steroid dienone is 1. The van der Waals surface area contributed by atoms with Crippen LogP contribution in [-0.2, 0) is 6.42 Å². The van der Waals surface area contributed by atoms with Crippen LogP contribution < -0.4 is 15.0 Å². The molecule has 0 spiro atoms. The maximum atomic E-state index is 14.8. The summed E-state index contributed by atoms with van der Waals surface area (Å²) in [6.07, 6.45) is 7.49. The molecule has 1 aromatic heterocycles. The van der Waals surface area contributed by atoms with Gasteiger partial charge in [0.15, 0.2) is 11.6 Å². The standard InChI is InChI=1S/C26H29FN6O/c1-16-9-18-11-21(27)22(12-19(18)10-16)34-26-30-24(29-23-13-20(15-28-23)17-3-4-17)14-25(31-26)33-7-5-32(2)6-8-33/h10-14,17H,3-9,15H2,1-2H3,(H,28,29,30,31). The van der Waals surface area contributed by atoms with Crippen LogP contribution in [0.15, 0.2) is 40.4 Å². The number of fused-ring (bicyclic) bond motifs is 1. The Bertz CT molecular complexity index is 1220. The number of nitrogens with zero attached hydrogens (tertiary/aromatic N) is 5. The first-order valence-electron chi connectivity index (χ1n) is 12.0. The number of aliphatic imine (C=N–C) groups is 1. The predicted molar refractivity (Wildman–Crippen MR) is 132 cm³/mol. The molecule has 176 valence electrons. The molecule has 0 amide bonds. The van der Waals surface area contributed by atoms with Gasteiger partial charge in [0.1, 0.15) is 17.5 Å². The van der Waals surface area contributed by atoms with Gasteiger partial charge in [-0.3, -0.25) is 4.99 Å². The summed E-state index contributed by atoms with van der Waals surface area (Å²) in [5.74, 6) is 2.60. The Balaban J connectivity index is 1.30. The normalized spacial score (nSPS) is 20.1. The molecule has 34 heavy (non-hydrogen) atoms. The maximum absolute atomic E-state index is 14.8. The molecular formula is C26H29FN6O. The van der Waals surface area contributed by atoms with Crippen molar-refractivity contribution in [1.29, 1.82) is 0 Å². The third-order valence-corrected chi connectivity index (χ3v) is 6.90. The van der Waals surface area contributed by atoms with Crippen molar-refractivity contribution in [2.24, 2.45) is 10.9 Å². The number of aromatic nitrogens is 2. The number of hydrogen-bond donors (Lipinski definition) is 1. The Kier molecular flexibility index (Phi) is 5.32. The summed E-state index contributed by atoms with van der Waals surface area (Å²) in [4.78, 5) is 18.3. The lowest BCUT2D eigenvalue weighted by atomic mass is 10.1. The van der Waals surface area contributed by atoms with Crippen LogP contribution in [0, 0.1) is 11.7 Å². The second kappa shape index (κ2) is 8.51. The number of rotatable bonds is 5. The zero-order valence-electron chi connectivity index (χ0n) is 19.6. The zero-order chi connectivity index (χ0) is 23.2. The summed E-state index contributed by atoms with van der Waals surface area (Å²) in [5, 5.41) is 3.33. The average Bonchev–Trinajstić information content (AvgIpc) is 3.45. The van der Waals surface area contributed by atoms with E-state index in [0.717, 1.165) is 61.9 Å². The van der Waals surface area contributed by atoms with Gasteiger partial charge >= 0.3 is 6.01 Å². The lowest BCUT2D eigenvalue weighted by Crippen LogP contribution is -2.44. The predicted octanol–water partition coefficient (Wildman–Crippen LogP) is 4.28. The summed E-state index contributed by atoms with van der Waals surface area (Å²) >= 11 is 0. The van der Waals surface area contributed by atoms with E-state index in [1.165, 1.54) is 24.0 Å². The number of likely N-dealkylation sites (N-methyl/N-ethyl adjacent to an activating group) is 1. The molecule has 1 saturated carbocycles. The Hall–Kier alpha value is -3.26. The number of anilines is 2. The van der Waals surface area contributed by atoms with E-state index in [1.807, 2.05) is 13.0 Å². The highest BCUT2D eigenvalue weighted by Gasteiger charge is 2.28. The molecule has 0 unspecified atom stereocenters. The lowest BCUT2D eigenvalue weighted by molar-refractivity contribution is 0.311. The first-order valence-corrected chi connectivity index (χ1v) is 12.0. The molecule has 1 N–H and O–H groups in total. The molecule has 2 aromatic rings. The van der Waals surface area contributed by atoms with Crippen LogP contribution in [0.5, 0.6) is 11.8 Å². The maximum Gasteiger partial charge on any atom is 0.326 e. The summed E-state index contributed by atoms with van der Waals surface area (Å²) in [7, 11) is 2.12. The smallest absolute Gasteiger partial charge is 0.326 e. The van der Waals surface area contributed by atoms with Gasteiger partial charge in [0.2, 0.25) is 0 Å². The van der Waals surface area contributed by atoms with Crippen molar-refractivity contribution in [3.05, 3.63) is 52.4 Å². The number of nitrogens with one attached hydrogen (secondary N) is 1. The van der Waals surface area contributed by atoms with Gasteiger partial charge in [-0.05, 0) is 74.1 Å². The van der Waals surface area contributed by atoms with E-state index >= 15 is 0 Å². The van der Waals surface area contributed by atoms with Gasteiger partial charge in [0, 0.05) is 32.2 Å². The number of halogens is 1. The Morgan fingerprint density at radius 3 is 2.68 bits per heavy atom. The average molecular weight is 461 g/mol. The fourth-order valence-corrected chi connectivity index (χ4v) is 4.76. The highest BCUT2D eigenvalue weighted by atomic mass is 19.1. The number of piperazine rings is 1. The molecule has 2 aliphatic heterocycles. The lowest BCUT2D eigenvalue weighted by Gasteiger charge is -2.33. The van der Waals surface area contributed by atoms with Gasteiger partial charge in [-0.2, -0.15) is 9.97 Å². The highest BCUT2D eigenvalue weighted by molar-refractivity contribution is 6.05. The first kappa shape index (κ1) is 21.3. The second-order valence-corrected chi connectivity index (χ2v) is 9.76. The second-order valence-electron chi connectivity index (χ2n) is 9.76. The van der Waals surface area contributed by atoms with Gasteiger partial charge in [0.25, 0.3) is 0 Å². The number of hydrogen-bond acceptors (Lipinski definition) is 7. The SMILES string of the molecule is CC1=Cc2cc(Oc3nc(NC4=NCC(C5CC5)=C4)cc(N4CCN(C)CC4)n3)c(F)cc2C1. The van der Waals surface area contributed by atoms with E-state index in [9.17, 15) is 4.39 Å². The molecule has 3 heterocycles. The van der Waals surface area contributed by atoms with Crippen molar-refractivity contribution < 1.29 is 9.13 Å². The minimum absolute atomic E-state index is 0.126. The first-order chi connectivity index (χ1) is 16.5. The van der Waals surface area contributed by atoms with E-state index in [4.69, 9.17) is 4.74 Å². The summed E-state index contributed by atoms with van der Waals surface area (Å²) in [5.41, 5.74) is 4.56. The van der Waals surface area contributed by atoms with Crippen molar-refractivity contribution in [2.45, 2.75) is 26.2 Å². The molecule has 0 radical (unpaired) electrons. The molecule has 6 rings (SSSR count). The van der Waals surface area contributed by atoms with Crippen molar-refractivity contribution in [2.75, 3.05) is 50.0 Å². The largest absolute Gasteiger partial charge is 0.421 e. The monoisotopic (exact) mass is 460 g/mol. The molecule has 8 heteroatoms. The van der Waals surface area contributed by atoms with Gasteiger partial charge in [-0.25, -0.2) is 4.39 Å². The Labute approximate surface area is 199 Å². The van der Waals surface area contributed by atoms with Crippen LogP contribution in [0.3, 0.4) is 0 Å². The molecule has 4 aliphatic rings. The van der Waals surface area contributed by atoms with Crippen LogP contribution in [0.1, 0.15) is 30.9 Å². The summed E-state index contributed by atoms with van der Waals surface area (Å²) in [6.45, 7) is 6.42. The Morgan fingerprint density at radius 1 is 1.06 bits per heavy atom. The minimum atomic E-state index is -0.401. The van der Waals surface area contributed by atoms with Crippen LogP contribution in [0.2, 0.25) is 0 Å². The van der Waals surface area contributed by atoms with Crippen LogP contribution in [0.25, 0.3) is 6.08 Å². The van der Waals surface area contributed by atoms with E-state index < -0.39 is 5.82 Å². The van der Waals surface area contributed by atoms with Gasteiger partial charge in [0.05, 0.1) is 6.54 Å².